The average Bonchev–Trinajstić information content (AvgIpc) is 2.90. The van der Waals surface area contributed by atoms with Gasteiger partial charge in [0, 0.05) is 44.5 Å². The van der Waals surface area contributed by atoms with Gasteiger partial charge in [0.1, 0.15) is 5.82 Å². The number of rotatable bonds is 7. The average molecular weight is 336 g/mol. The second-order valence-corrected chi connectivity index (χ2v) is 5.38. The molecule has 2 rings (SSSR count). The first kappa shape index (κ1) is 20.4. The van der Waals surface area contributed by atoms with Crippen LogP contribution in [0.15, 0.2) is 18.3 Å². The number of nitrogens with one attached hydrogen (secondary N) is 2. The maximum Gasteiger partial charge on any atom is 0.251 e. The summed E-state index contributed by atoms with van der Waals surface area (Å²) in [5.41, 5.74) is 0.643. The Morgan fingerprint density at radius 1 is 1.33 bits per heavy atom. The highest BCUT2D eigenvalue weighted by molar-refractivity contribution is 5.94. The minimum absolute atomic E-state index is 0.0579. The number of hydrogen-bond acceptors (Lipinski definition) is 5. The maximum absolute atomic E-state index is 11.8. The van der Waals surface area contributed by atoms with E-state index in [9.17, 15) is 4.79 Å². The number of aromatic nitrogens is 1. The Morgan fingerprint density at radius 3 is 2.96 bits per heavy atom. The van der Waals surface area contributed by atoms with E-state index in [0.717, 1.165) is 58.1 Å². The molecule has 2 N–H and O–H groups in total. The van der Waals surface area contributed by atoms with Crippen molar-refractivity contribution in [1.82, 2.24) is 15.2 Å². The summed E-state index contributed by atoms with van der Waals surface area (Å²) in [7, 11) is 0. The first-order valence-corrected chi connectivity index (χ1v) is 9.08. The summed E-state index contributed by atoms with van der Waals surface area (Å²) in [5, 5.41) is 6.08. The fourth-order valence-electron chi connectivity index (χ4n) is 2.47. The van der Waals surface area contributed by atoms with Gasteiger partial charge in [-0.2, -0.15) is 0 Å². The van der Waals surface area contributed by atoms with Gasteiger partial charge in [0.05, 0.1) is 6.61 Å². The van der Waals surface area contributed by atoms with Crippen molar-refractivity contribution in [2.75, 3.05) is 51.3 Å². The predicted octanol–water partition coefficient (Wildman–Crippen LogP) is 2.38. The lowest BCUT2D eigenvalue weighted by molar-refractivity contribution is 0.0955. The van der Waals surface area contributed by atoms with Crippen molar-refractivity contribution < 1.29 is 9.53 Å². The smallest absolute Gasteiger partial charge is 0.251 e. The highest BCUT2D eigenvalue weighted by Crippen LogP contribution is 2.07. The SMILES string of the molecule is CC.CCNC(=O)c1ccnc(NCCCN2CCCOCC2)c1. The second-order valence-electron chi connectivity index (χ2n) is 5.38. The molecule has 0 spiro atoms. The van der Waals surface area contributed by atoms with E-state index in [4.69, 9.17) is 4.74 Å². The highest BCUT2D eigenvalue weighted by atomic mass is 16.5. The lowest BCUT2D eigenvalue weighted by atomic mass is 10.2. The van der Waals surface area contributed by atoms with Crippen molar-refractivity contribution in [3.05, 3.63) is 23.9 Å². The van der Waals surface area contributed by atoms with Gasteiger partial charge >= 0.3 is 0 Å². The van der Waals surface area contributed by atoms with Crippen LogP contribution in [0.3, 0.4) is 0 Å². The van der Waals surface area contributed by atoms with Gasteiger partial charge in [-0.3, -0.25) is 4.79 Å². The summed E-state index contributed by atoms with van der Waals surface area (Å²) >= 11 is 0. The largest absolute Gasteiger partial charge is 0.380 e. The van der Waals surface area contributed by atoms with Crippen LogP contribution in [0.25, 0.3) is 0 Å². The van der Waals surface area contributed by atoms with Gasteiger partial charge in [-0.15, -0.1) is 0 Å². The van der Waals surface area contributed by atoms with Crippen molar-refractivity contribution in [1.29, 1.82) is 0 Å². The lowest BCUT2D eigenvalue weighted by Crippen LogP contribution is -2.28. The monoisotopic (exact) mass is 336 g/mol. The Kier molecular flexibility index (Phi) is 10.8. The maximum atomic E-state index is 11.8. The van der Waals surface area contributed by atoms with Gasteiger partial charge < -0.3 is 20.3 Å². The van der Waals surface area contributed by atoms with Crippen LogP contribution in [-0.4, -0.2) is 61.7 Å². The van der Waals surface area contributed by atoms with E-state index in [-0.39, 0.29) is 5.91 Å². The molecule has 0 bridgehead atoms. The summed E-state index contributed by atoms with van der Waals surface area (Å²) in [6.07, 6.45) is 3.83. The Balaban J connectivity index is 0.00000139. The Bertz CT molecular complexity index is 460. The number of pyridine rings is 1. The molecule has 0 radical (unpaired) electrons. The predicted molar refractivity (Wildman–Crippen MR) is 98.6 cm³/mol. The van der Waals surface area contributed by atoms with Crippen molar-refractivity contribution >= 4 is 11.7 Å². The molecule has 6 nitrogen and oxygen atoms in total. The number of ether oxygens (including phenoxy) is 1. The van der Waals surface area contributed by atoms with Gasteiger partial charge in [-0.05, 0) is 38.4 Å². The van der Waals surface area contributed by atoms with E-state index in [1.54, 1.807) is 18.3 Å². The zero-order valence-electron chi connectivity index (χ0n) is 15.3. The van der Waals surface area contributed by atoms with E-state index < -0.39 is 0 Å². The molecule has 0 unspecified atom stereocenters. The quantitative estimate of drug-likeness (QED) is 0.749. The molecule has 0 aliphatic carbocycles. The molecule has 24 heavy (non-hydrogen) atoms. The standard InChI is InChI=1S/C16H26N4O2.C2H6/c1-2-17-16(21)14-5-7-19-15(13-14)18-6-3-8-20-9-4-11-22-12-10-20;1-2/h5,7,13H,2-4,6,8-12H2,1H3,(H,17,21)(H,18,19);1-2H3. The van der Waals surface area contributed by atoms with Crippen LogP contribution in [0.1, 0.15) is 44.0 Å². The zero-order chi connectivity index (χ0) is 17.6. The van der Waals surface area contributed by atoms with Gasteiger partial charge in [0.2, 0.25) is 0 Å². The first-order valence-electron chi connectivity index (χ1n) is 9.08. The summed E-state index contributed by atoms with van der Waals surface area (Å²) < 4.78 is 5.45. The van der Waals surface area contributed by atoms with E-state index in [1.807, 2.05) is 20.8 Å². The molecule has 1 aromatic heterocycles. The molecule has 1 aliphatic rings. The summed E-state index contributed by atoms with van der Waals surface area (Å²) in [6.45, 7) is 12.3. The van der Waals surface area contributed by atoms with E-state index in [1.165, 1.54) is 0 Å². The molecule has 6 heteroatoms. The van der Waals surface area contributed by atoms with Crippen LogP contribution in [0.5, 0.6) is 0 Å². The Labute approximate surface area is 146 Å². The molecule has 1 aromatic rings. The fraction of sp³-hybridized carbons (Fsp3) is 0.667. The summed E-state index contributed by atoms with van der Waals surface area (Å²) in [5.74, 6) is 0.695. The van der Waals surface area contributed by atoms with Crippen molar-refractivity contribution in [2.45, 2.75) is 33.6 Å². The fourth-order valence-corrected chi connectivity index (χ4v) is 2.47. The van der Waals surface area contributed by atoms with Crippen molar-refractivity contribution in [2.24, 2.45) is 0 Å². The molecule has 1 amide bonds. The lowest BCUT2D eigenvalue weighted by Gasteiger charge is -2.18. The van der Waals surface area contributed by atoms with Crippen LogP contribution in [0.2, 0.25) is 0 Å². The minimum atomic E-state index is -0.0579. The normalized spacial score (nSPS) is 15.0. The highest BCUT2D eigenvalue weighted by Gasteiger charge is 2.08. The molecular formula is C18H32N4O2. The van der Waals surface area contributed by atoms with Gasteiger partial charge in [-0.25, -0.2) is 4.98 Å². The topological polar surface area (TPSA) is 66.5 Å². The molecule has 0 atom stereocenters. The Hall–Kier alpha value is -1.66. The van der Waals surface area contributed by atoms with Gasteiger partial charge in [-0.1, -0.05) is 13.8 Å². The molecule has 1 saturated heterocycles. The van der Waals surface area contributed by atoms with Gasteiger partial charge in [0.15, 0.2) is 0 Å². The number of anilines is 1. The number of hydrogen-bond donors (Lipinski definition) is 2. The zero-order valence-corrected chi connectivity index (χ0v) is 15.3. The third-order valence-electron chi connectivity index (χ3n) is 3.63. The molecule has 0 aromatic carbocycles. The molecule has 1 aliphatic heterocycles. The molecular weight excluding hydrogens is 304 g/mol. The number of nitrogens with zero attached hydrogens (tertiary/aromatic N) is 2. The second kappa shape index (κ2) is 12.7. The first-order chi connectivity index (χ1) is 11.8. The number of amides is 1. The third kappa shape index (κ3) is 7.75. The number of carbonyl (C=O) groups is 1. The minimum Gasteiger partial charge on any atom is -0.380 e. The van der Waals surface area contributed by atoms with Crippen molar-refractivity contribution in [3.63, 3.8) is 0 Å². The molecule has 0 saturated carbocycles. The molecule has 136 valence electrons. The molecule has 2 heterocycles. The summed E-state index contributed by atoms with van der Waals surface area (Å²) in [6, 6.07) is 3.53. The summed E-state index contributed by atoms with van der Waals surface area (Å²) in [4.78, 5) is 18.5. The Morgan fingerprint density at radius 2 is 2.17 bits per heavy atom. The molecule has 1 fully saturated rings. The van der Waals surface area contributed by atoms with Crippen LogP contribution < -0.4 is 10.6 Å². The van der Waals surface area contributed by atoms with Gasteiger partial charge in [0.25, 0.3) is 5.91 Å². The van der Waals surface area contributed by atoms with E-state index in [2.05, 4.69) is 20.5 Å². The van der Waals surface area contributed by atoms with Crippen LogP contribution in [0, 0.1) is 0 Å². The van der Waals surface area contributed by atoms with Crippen LogP contribution >= 0.6 is 0 Å². The third-order valence-corrected chi connectivity index (χ3v) is 3.63. The van der Waals surface area contributed by atoms with Crippen LogP contribution in [-0.2, 0) is 4.74 Å². The van der Waals surface area contributed by atoms with Crippen molar-refractivity contribution in [3.8, 4) is 0 Å². The number of carbonyl (C=O) groups excluding carboxylic acids is 1. The van der Waals surface area contributed by atoms with E-state index >= 15 is 0 Å². The van der Waals surface area contributed by atoms with Crippen LogP contribution in [0.4, 0.5) is 5.82 Å². The van der Waals surface area contributed by atoms with E-state index in [0.29, 0.717) is 12.1 Å².